The van der Waals surface area contributed by atoms with E-state index < -0.39 is 40.6 Å². The molecule has 0 fully saturated rings. The fourth-order valence-electron chi connectivity index (χ4n) is 4.22. The number of nitrogens with two attached hydrogens (primary N) is 1. The van der Waals surface area contributed by atoms with E-state index in [-0.39, 0.29) is 27.2 Å². The summed E-state index contributed by atoms with van der Waals surface area (Å²) in [6, 6.07) is 15.7. The van der Waals surface area contributed by atoms with Crippen LogP contribution >= 0.6 is 0 Å². The molecule has 0 aliphatic heterocycles. The molecule has 0 atom stereocenters. The Labute approximate surface area is 197 Å². The molecule has 0 saturated heterocycles. The number of allylic oxidation sites excluding steroid dienone is 2. The van der Waals surface area contributed by atoms with Crippen molar-refractivity contribution in [1.82, 2.24) is 4.98 Å². The van der Waals surface area contributed by atoms with E-state index in [1.807, 2.05) is 0 Å². The Morgan fingerprint density at radius 1 is 0.714 bits per heavy atom. The van der Waals surface area contributed by atoms with Crippen LogP contribution in [0.25, 0.3) is 22.4 Å². The highest BCUT2D eigenvalue weighted by Crippen LogP contribution is 2.64. The molecular formula is C24H18F6N2O2S. The Hall–Kier alpha value is -3.18. The summed E-state index contributed by atoms with van der Waals surface area (Å²) in [4.78, 5) is 3.88. The Morgan fingerprint density at radius 3 is 1.57 bits per heavy atom. The van der Waals surface area contributed by atoms with Crippen LogP contribution in [0.2, 0.25) is 0 Å². The van der Waals surface area contributed by atoms with Crippen LogP contribution in [-0.2, 0) is 10.0 Å². The van der Waals surface area contributed by atoms with E-state index in [0.717, 1.165) is 12.1 Å². The molecule has 1 heterocycles. The molecule has 0 radical (unpaired) electrons. The van der Waals surface area contributed by atoms with Gasteiger partial charge in [-0.05, 0) is 59.4 Å². The smallest absolute Gasteiger partial charge is 0.256 e. The minimum Gasteiger partial charge on any atom is -0.256 e. The molecule has 35 heavy (non-hydrogen) atoms. The molecule has 2 N–H and O–H groups in total. The van der Waals surface area contributed by atoms with Gasteiger partial charge >= 0.3 is 12.4 Å². The predicted molar refractivity (Wildman–Crippen MR) is 118 cm³/mol. The van der Waals surface area contributed by atoms with Crippen molar-refractivity contribution in [2.45, 2.75) is 30.1 Å². The first-order chi connectivity index (χ1) is 16.2. The Bertz CT molecular complexity index is 1350. The third-order valence-electron chi connectivity index (χ3n) is 6.13. The SMILES string of the molecule is NS(=O)(=O)c1ccc(C2=C(c3ccc(-c4ccccn4)cc3)CC(C(F)(F)F)(C(F)(F)F)C2)cc1. The second-order valence-corrected chi connectivity index (χ2v) is 9.81. The van der Waals surface area contributed by atoms with Crippen molar-refractivity contribution >= 4 is 21.2 Å². The van der Waals surface area contributed by atoms with Crippen LogP contribution in [0.5, 0.6) is 0 Å². The van der Waals surface area contributed by atoms with Crippen LogP contribution in [0.4, 0.5) is 26.3 Å². The lowest BCUT2D eigenvalue weighted by Gasteiger charge is -2.34. The number of aromatic nitrogens is 1. The molecule has 4 nitrogen and oxygen atoms in total. The molecule has 1 aliphatic rings. The van der Waals surface area contributed by atoms with E-state index in [2.05, 4.69) is 4.98 Å². The quantitative estimate of drug-likeness (QED) is 0.423. The van der Waals surface area contributed by atoms with Gasteiger partial charge in [0.2, 0.25) is 10.0 Å². The molecule has 184 valence electrons. The Morgan fingerprint density at radius 2 is 1.17 bits per heavy atom. The maximum atomic E-state index is 13.9. The van der Waals surface area contributed by atoms with Gasteiger partial charge in [0.25, 0.3) is 0 Å². The highest BCUT2D eigenvalue weighted by Gasteiger charge is 2.72. The lowest BCUT2D eigenvalue weighted by molar-refractivity contribution is -0.335. The Kier molecular flexibility index (Phi) is 6.05. The summed E-state index contributed by atoms with van der Waals surface area (Å²) in [7, 11) is -4.09. The van der Waals surface area contributed by atoms with E-state index in [9.17, 15) is 34.8 Å². The van der Waals surface area contributed by atoms with Crippen molar-refractivity contribution in [3.05, 3.63) is 84.1 Å². The number of benzene rings is 2. The number of hydrogen-bond acceptors (Lipinski definition) is 3. The van der Waals surface area contributed by atoms with E-state index in [0.29, 0.717) is 11.3 Å². The number of rotatable bonds is 4. The molecule has 1 aromatic heterocycles. The molecule has 0 spiro atoms. The molecular weight excluding hydrogens is 494 g/mol. The van der Waals surface area contributed by atoms with Crippen molar-refractivity contribution in [2.24, 2.45) is 10.6 Å². The van der Waals surface area contributed by atoms with Crippen molar-refractivity contribution in [1.29, 1.82) is 0 Å². The normalized spacial score (nSPS) is 16.5. The summed E-state index contributed by atoms with van der Waals surface area (Å²) in [5.41, 5.74) is -2.75. The van der Waals surface area contributed by atoms with Gasteiger partial charge < -0.3 is 0 Å². The molecule has 1 aliphatic carbocycles. The third kappa shape index (κ3) is 4.57. The van der Waals surface area contributed by atoms with Crippen LogP contribution in [0, 0.1) is 5.41 Å². The molecule has 11 heteroatoms. The number of hydrogen-bond donors (Lipinski definition) is 1. The fourth-order valence-corrected chi connectivity index (χ4v) is 4.73. The number of sulfonamides is 1. The second kappa shape index (κ2) is 8.49. The van der Waals surface area contributed by atoms with Gasteiger partial charge in [0, 0.05) is 11.8 Å². The predicted octanol–water partition coefficient (Wildman–Crippen LogP) is 6.21. The van der Waals surface area contributed by atoms with Crippen LogP contribution in [0.15, 0.2) is 77.8 Å². The highest BCUT2D eigenvalue weighted by atomic mass is 32.2. The topological polar surface area (TPSA) is 73.1 Å². The molecule has 0 bridgehead atoms. The van der Waals surface area contributed by atoms with E-state index in [1.54, 1.807) is 36.5 Å². The lowest BCUT2D eigenvalue weighted by Crippen LogP contribution is -2.48. The minimum atomic E-state index is -5.56. The van der Waals surface area contributed by atoms with Crippen LogP contribution in [0.1, 0.15) is 24.0 Å². The summed E-state index contributed by atoms with van der Waals surface area (Å²) in [6.07, 6.45) is -12.2. The van der Waals surface area contributed by atoms with Gasteiger partial charge in [-0.1, -0.05) is 42.5 Å². The van der Waals surface area contributed by atoms with Gasteiger partial charge in [-0.15, -0.1) is 0 Å². The zero-order chi connectivity index (χ0) is 25.6. The van der Waals surface area contributed by atoms with Gasteiger partial charge in [-0.25, -0.2) is 13.6 Å². The number of nitrogens with zero attached hydrogens (tertiary/aromatic N) is 1. The average molecular weight is 512 g/mol. The largest absolute Gasteiger partial charge is 0.403 e. The number of pyridine rings is 1. The summed E-state index contributed by atoms with van der Waals surface area (Å²) in [6.45, 7) is 0. The maximum Gasteiger partial charge on any atom is 0.403 e. The summed E-state index contributed by atoms with van der Waals surface area (Å²) in [5.74, 6) is 0. The highest BCUT2D eigenvalue weighted by molar-refractivity contribution is 7.89. The van der Waals surface area contributed by atoms with Crippen LogP contribution in [-0.4, -0.2) is 25.8 Å². The van der Waals surface area contributed by atoms with Gasteiger partial charge in [0.05, 0.1) is 10.6 Å². The van der Waals surface area contributed by atoms with Gasteiger partial charge in [-0.3, -0.25) is 4.98 Å². The van der Waals surface area contributed by atoms with E-state index >= 15 is 0 Å². The first-order valence-electron chi connectivity index (χ1n) is 10.2. The van der Waals surface area contributed by atoms with Gasteiger partial charge in [-0.2, -0.15) is 26.3 Å². The molecule has 0 saturated carbocycles. The number of halogens is 6. The standard InChI is InChI=1S/C24H18F6N2O2S/c25-23(26,27)22(24(28,29)30)13-19(15-4-6-17(7-5-15)21-3-1-2-12-32-21)20(14-22)16-8-10-18(11-9-16)35(31,33)34/h1-12H,13-14H2,(H2,31,33,34). The minimum absolute atomic E-state index is 0.0524. The van der Waals surface area contributed by atoms with E-state index in [1.165, 1.54) is 24.3 Å². The first-order valence-corrected chi connectivity index (χ1v) is 11.8. The molecule has 0 amide bonds. The number of primary sulfonamides is 1. The van der Waals surface area contributed by atoms with Crippen molar-refractivity contribution in [2.75, 3.05) is 0 Å². The lowest BCUT2D eigenvalue weighted by atomic mass is 9.81. The maximum absolute atomic E-state index is 13.9. The average Bonchev–Trinajstić information content (AvgIpc) is 3.22. The first kappa shape index (κ1) is 24.9. The molecule has 3 aromatic rings. The fraction of sp³-hybridized carbons (Fsp3) is 0.208. The van der Waals surface area contributed by atoms with Crippen LogP contribution < -0.4 is 5.14 Å². The Balaban J connectivity index is 1.85. The second-order valence-electron chi connectivity index (χ2n) is 8.25. The van der Waals surface area contributed by atoms with Gasteiger partial charge in [0.1, 0.15) is 0 Å². The number of alkyl halides is 6. The molecule has 0 unspecified atom stereocenters. The van der Waals surface area contributed by atoms with E-state index in [4.69, 9.17) is 5.14 Å². The summed E-state index contributed by atoms with van der Waals surface area (Å²) >= 11 is 0. The van der Waals surface area contributed by atoms with Crippen LogP contribution in [0.3, 0.4) is 0 Å². The summed E-state index contributed by atoms with van der Waals surface area (Å²) in [5, 5.41) is 5.06. The monoisotopic (exact) mass is 512 g/mol. The third-order valence-corrected chi connectivity index (χ3v) is 7.06. The zero-order valence-electron chi connectivity index (χ0n) is 17.9. The zero-order valence-corrected chi connectivity index (χ0v) is 18.7. The van der Waals surface area contributed by atoms with Gasteiger partial charge in [0.15, 0.2) is 5.41 Å². The van der Waals surface area contributed by atoms with Crippen molar-refractivity contribution in [3.63, 3.8) is 0 Å². The van der Waals surface area contributed by atoms with Crippen molar-refractivity contribution < 1.29 is 34.8 Å². The molecule has 4 rings (SSSR count). The summed E-state index contributed by atoms with van der Waals surface area (Å²) < 4.78 is 107. The van der Waals surface area contributed by atoms with Crippen molar-refractivity contribution in [3.8, 4) is 11.3 Å². The molecule has 2 aromatic carbocycles.